The molecule has 0 atom stereocenters. The van der Waals surface area contributed by atoms with E-state index in [4.69, 9.17) is 9.47 Å². The van der Waals surface area contributed by atoms with Crippen LogP contribution in [0.3, 0.4) is 0 Å². The van der Waals surface area contributed by atoms with E-state index in [1.807, 2.05) is 36.4 Å². The zero-order chi connectivity index (χ0) is 23.3. The number of hydrogen-bond acceptors (Lipinski definition) is 5. The molecule has 1 aliphatic rings. The number of halogens is 3. The highest BCUT2D eigenvalue weighted by molar-refractivity contribution is 7.18. The molecule has 174 valence electrons. The Balaban J connectivity index is 1.44. The van der Waals surface area contributed by atoms with Crippen LogP contribution in [0.2, 0.25) is 0 Å². The molecule has 2 aromatic carbocycles. The van der Waals surface area contributed by atoms with Gasteiger partial charge in [-0.1, -0.05) is 42.5 Å². The van der Waals surface area contributed by atoms with E-state index in [0.717, 1.165) is 34.8 Å². The van der Waals surface area contributed by atoms with Crippen LogP contribution in [0.1, 0.15) is 15.2 Å². The first kappa shape index (κ1) is 23.1. The Morgan fingerprint density at radius 2 is 1.76 bits per heavy atom. The molecule has 2 heterocycles. The van der Waals surface area contributed by atoms with Gasteiger partial charge in [0.15, 0.2) is 6.61 Å². The Kier molecular flexibility index (Phi) is 7.20. The maximum absolute atomic E-state index is 12.9. The molecular weight excluding hydrogens is 453 g/mol. The van der Waals surface area contributed by atoms with E-state index < -0.39 is 12.8 Å². The van der Waals surface area contributed by atoms with Crippen LogP contribution < -0.4 is 15.0 Å². The number of rotatable bonds is 7. The van der Waals surface area contributed by atoms with E-state index in [0.29, 0.717) is 18.1 Å². The summed E-state index contributed by atoms with van der Waals surface area (Å²) in [7, 11) is 0. The second-order valence-electron chi connectivity index (χ2n) is 7.53. The summed E-state index contributed by atoms with van der Waals surface area (Å²) in [6.45, 7) is 1.75. The lowest BCUT2D eigenvalue weighted by atomic mass is 10.1. The van der Waals surface area contributed by atoms with E-state index in [1.165, 1.54) is 23.5 Å². The minimum absolute atomic E-state index is 0.128. The van der Waals surface area contributed by atoms with Crippen LogP contribution in [-0.2, 0) is 11.3 Å². The lowest BCUT2D eigenvalue weighted by molar-refractivity contribution is -0.153. The molecule has 0 bridgehead atoms. The Hall–Kier alpha value is -3.04. The minimum Gasteiger partial charge on any atom is -0.484 e. The molecule has 33 heavy (non-hydrogen) atoms. The van der Waals surface area contributed by atoms with Crippen molar-refractivity contribution in [3.05, 3.63) is 71.1 Å². The fourth-order valence-corrected chi connectivity index (χ4v) is 4.61. The average molecular weight is 477 g/mol. The maximum atomic E-state index is 12.9. The third kappa shape index (κ3) is 6.27. The van der Waals surface area contributed by atoms with Crippen molar-refractivity contribution in [2.75, 3.05) is 37.8 Å². The zero-order valence-electron chi connectivity index (χ0n) is 17.7. The largest absolute Gasteiger partial charge is 0.484 e. The summed E-state index contributed by atoms with van der Waals surface area (Å²) in [5.41, 5.74) is 2.82. The quantitative estimate of drug-likeness (QED) is 0.514. The van der Waals surface area contributed by atoms with Gasteiger partial charge in [0.1, 0.15) is 5.75 Å². The van der Waals surface area contributed by atoms with E-state index >= 15 is 0 Å². The third-order valence-electron chi connectivity index (χ3n) is 5.10. The Morgan fingerprint density at radius 3 is 2.42 bits per heavy atom. The van der Waals surface area contributed by atoms with Crippen molar-refractivity contribution in [3.63, 3.8) is 0 Å². The highest BCUT2D eigenvalue weighted by Gasteiger charge is 2.28. The Labute approximate surface area is 193 Å². The van der Waals surface area contributed by atoms with Gasteiger partial charge in [-0.15, -0.1) is 11.3 Å². The smallest absolute Gasteiger partial charge is 0.422 e. The number of amides is 1. The van der Waals surface area contributed by atoms with Gasteiger partial charge in [0, 0.05) is 25.2 Å². The van der Waals surface area contributed by atoms with Gasteiger partial charge >= 0.3 is 6.18 Å². The average Bonchev–Trinajstić information content (AvgIpc) is 3.28. The molecule has 1 fully saturated rings. The molecule has 1 aromatic heterocycles. The van der Waals surface area contributed by atoms with Gasteiger partial charge in [0.05, 0.1) is 23.1 Å². The number of thiophene rings is 1. The van der Waals surface area contributed by atoms with Crippen LogP contribution in [0, 0.1) is 0 Å². The van der Waals surface area contributed by atoms with Crippen LogP contribution in [0.5, 0.6) is 5.75 Å². The van der Waals surface area contributed by atoms with Crippen molar-refractivity contribution >= 4 is 22.2 Å². The van der Waals surface area contributed by atoms with Crippen LogP contribution in [-0.4, -0.2) is 45.0 Å². The number of morpholine rings is 1. The van der Waals surface area contributed by atoms with E-state index in [2.05, 4.69) is 10.2 Å². The molecule has 1 N–H and O–H groups in total. The van der Waals surface area contributed by atoms with Crippen LogP contribution >= 0.6 is 11.3 Å². The summed E-state index contributed by atoms with van der Waals surface area (Å²) in [6, 6.07) is 18.0. The van der Waals surface area contributed by atoms with Crippen molar-refractivity contribution < 1.29 is 27.4 Å². The van der Waals surface area contributed by atoms with Gasteiger partial charge in [-0.25, -0.2) is 0 Å². The monoisotopic (exact) mass is 476 g/mol. The number of carbonyl (C=O) groups is 1. The predicted molar refractivity (Wildman–Crippen MR) is 122 cm³/mol. The summed E-state index contributed by atoms with van der Waals surface area (Å²) >= 11 is 1.45. The molecule has 0 saturated carbocycles. The Bertz CT molecular complexity index is 1060. The van der Waals surface area contributed by atoms with Crippen LogP contribution in [0.25, 0.3) is 11.1 Å². The van der Waals surface area contributed by atoms with Crippen LogP contribution in [0.4, 0.5) is 18.2 Å². The summed E-state index contributed by atoms with van der Waals surface area (Å²) in [4.78, 5) is 15.7. The summed E-state index contributed by atoms with van der Waals surface area (Å²) < 4.78 is 47.0. The second kappa shape index (κ2) is 10.3. The molecule has 0 aliphatic carbocycles. The highest BCUT2D eigenvalue weighted by Crippen LogP contribution is 2.39. The number of nitrogens with one attached hydrogen (secondary N) is 1. The standard InChI is InChI=1S/C24H23F3N2O3S/c25-24(26,27)16-32-19-8-6-17(7-9-19)15-28-22(30)21-14-20(18-4-2-1-3-5-18)23(33-21)29-10-12-31-13-11-29/h1-9,14H,10-13,15-16H2,(H,28,30). The summed E-state index contributed by atoms with van der Waals surface area (Å²) in [5, 5.41) is 3.94. The lowest BCUT2D eigenvalue weighted by Gasteiger charge is -2.28. The van der Waals surface area contributed by atoms with Crippen LogP contribution in [0.15, 0.2) is 60.7 Å². The number of carbonyl (C=O) groups excluding carboxylic acids is 1. The fraction of sp³-hybridized carbons (Fsp3) is 0.292. The predicted octanol–water partition coefficient (Wildman–Crippen LogP) is 5.12. The molecule has 4 rings (SSSR count). The topological polar surface area (TPSA) is 50.8 Å². The molecule has 9 heteroatoms. The molecule has 0 unspecified atom stereocenters. The van der Waals surface area contributed by atoms with Gasteiger partial charge in [0.2, 0.25) is 0 Å². The fourth-order valence-electron chi connectivity index (χ4n) is 3.46. The zero-order valence-corrected chi connectivity index (χ0v) is 18.5. The molecule has 3 aromatic rings. The molecular formula is C24H23F3N2O3S. The van der Waals surface area contributed by atoms with Gasteiger partial charge in [0.25, 0.3) is 5.91 Å². The normalized spacial score (nSPS) is 14.2. The van der Waals surface area contributed by atoms with Gasteiger partial charge < -0.3 is 19.7 Å². The summed E-state index contributed by atoms with van der Waals surface area (Å²) in [6.07, 6.45) is -4.38. The maximum Gasteiger partial charge on any atom is 0.422 e. The van der Waals surface area contributed by atoms with E-state index in [1.54, 1.807) is 12.1 Å². The molecule has 1 amide bonds. The van der Waals surface area contributed by atoms with Crippen molar-refractivity contribution in [3.8, 4) is 16.9 Å². The number of nitrogens with zero attached hydrogens (tertiary/aromatic N) is 1. The summed E-state index contributed by atoms with van der Waals surface area (Å²) in [5.74, 6) is -0.0718. The van der Waals surface area contributed by atoms with Gasteiger partial charge in [-0.3, -0.25) is 4.79 Å². The highest BCUT2D eigenvalue weighted by atomic mass is 32.1. The van der Waals surface area contributed by atoms with Crippen molar-refractivity contribution in [1.82, 2.24) is 5.32 Å². The SMILES string of the molecule is O=C(NCc1ccc(OCC(F)(F)F)cc1)c1cc(-c2ccccc2)c(N2CCOCC2)s1. The number of benzene rings is 2. The molecule has 5 nitrogen and oxygen atoms in total. The van der Waals surface area contributed by atoms with Gasteiger partial charge in [-0.2, -0.15) is 13.2 Å². The second-order valence-corrected chi connectivity index (χ2v) is 8.56. The van der Waals surface area contributed by atoms with Crippen molar-refractivity contribution in [2.45, 2.75) is 12.7 Å². The molecule has 1 saturated heterocycles. The third-order valence-corrected chi connectivity index (χ3v) is 6.29. The number of anilines is 1. The van der Waals surface area contributed by atoms with Gasteiger partial charge in [-0.05, 0) is 29.3 Å². The Morgan fingerprint density at radius 1 is 1.06 bits per heavy atom. The number of alkyl halides is 3. The first-order valence-corrected chi connectivity index (χ1v) is 11.3. The number of hydrogen-bond donors (Lipinski definition) is 1. The molecule has 1 aliphatic heterocycles. The minimum atomic E-state index is -4.38. The van der Waals surface area contributed by atoms with E-state index in [-0.39, 0.29) is 18.2 Å². The lowest BCUT2D eigenvalue weighted by Crippen LogP contribution is -2.35. The first-order chi connectivity index (χ1) is 15.9. The van der Waals surface area contributed by atoms with Crippen molar-refractivity contribution in [2.24, 2.45) is 0 Å². The molecule has 0 radical (unpaired) electrons. The first-order valence-electron chi connectivity index (χ1n) is 10.5. The number of ether oxygens (including phenoxy) is 2. The molecule has 0 spiro atoms. The van der Waals surface area contributed by atoms with Crippen molar-refractivity contribution in [1.29, 1.82) is 0 Å². The van der Waals surface area contributed by atoms with E-state index in [9.17, 15) is 18.0 Å².